The lowest BCUT2D eigenvalue weighted by Crippen LogP contribution is -1.91. The fourth-order valence-corrected chi connectivity index (χ4v) is 1.94. The van der Waals surface area contributed by atoms with E-state index in [0.717, 1.165) is 6.42 Å². The Bertz CT molecular complexity index is 369. The van der Waals surface area contributed by atoms with Crippen molar-refractivity contribution >= 4 is 6.08 Å². The van der Waals surface area contributed by atoms with E-state index in [0.29, 0.717) is 0 Å². The molecule has 0 aliphatic heterocycles. The van der Waals surface area contributed by atoms with Crippen LogP contribution in [0.1, 0.15) is 38.3 Å². The van der Waals surface area contributed by atoms with Crippen molar-refractivity contribution in [1.82, 2.24) is 0 Å². The molecule has 0 heterocycles. The smallest absolute Gasteiger partial charge is 0.00581 e. The van der Waals surface area contributed by atoms with Gasteiger partial charge in [0.25, 0.3) is 0 Å². The number of hydrogen-bond donors (Lipinski definition) is 0. The minimum absolute atomic E-state index is 0. The fraction of sp³-hybridized carbons (Fsp3) is 0.333. The van der Waals surface area contributed by atoms with Crippen molar-refractivity contribution in [2.75, 3.05) is 0 Å². The number of benzene rings is 1. The predicted molar refractivity (Wildman–Crippen MR) is 68.9 cm³/mol. The Labute approximate surface area is 93.3 Å². The molecule has 80 valence electrons. The van der Waals surface area contributed by atoms with Crippen LogP contribution < -0.4 is 0 Å². The molecule has 1 aromatic carbocycles. The molecule has 0 spiro atoms. The van der Waals surface area contributed by atoms with Crippen LogP contribution in [0.15, 0.2) is 42.0 Å². The van der Waals surface area contributed by atoms with Gasteiger partial charge in [0.05, 0.1) is 0 Å². The standard InChI is InChI=1S/C14H16.CH4/c1-2-6-12-7-5-10-13-8-3-4-9-14(13)11-12;/h3-5,7-10H,2,6,11H2,1H3;1H4. The molecule has 2 rings (SSSR count). The highest BCUT2D eigenvalue weighted by molar-refractivity contribution is 5.58. The maximum absolute atomic E-state index is 2.27. The molecule has 0 N–H and O–H groups in total. The molecular weight excluding hydrogens is 180 g/mol. The van der Waals surface area contributed by atoms with E-state index in [1.54, 1.807) is 5.57 Å². The highest BCUT2D eigenvalue weighted by Gasteiger charge is 2.04. The van der Waals surface area contributed by atoms with Gasteiger partial charge < -0.3 is 0 Å². The van der Waals surface area contributed by atoms with E-state index in [1.165, 1.54) is 24.0 Å². The summed E-state index contributed by atoms with van der Waals surface area (Å²) in [7, 11) is 0. The SMILES string of the molecule is C.CCCC1=CC=Cc2ccccc2C1. The Morgan fingerprint density at radius 3 is 2.80 bits per heavy atom. The highest BCUT2D eigenvalue weighted by atomic mass is 14.1. The second-order valence-electron chi connectivity index (χ2n) is 3.81. The van der Waals surface area contributed by atoms with Crippen molar-refractivity contribution in [2.24, 2.45) is 0 Å². The second-order valence-corrected chi connectivity index (χ2v) is 3.81. The molecule has 0 fully saturated rings. The van der Waals surface area contributed by atoms with Crippen molar-refractivity contribution in [1.29, 1.82) is 0 Å². The topological polar surface area (TPSA) is 0 Å². The van der Waals surface area contributed by atoms with Gasteiger partial charge in [0.2, 0.25) is 0 Å². The normalized spacial score (nSPS) is 13.5. The van der Waals surface area contributed by atoms with Crippen molar-refractivity contribution in [3.63, 3.8) is 0 Å². The lowest BCUT2D eigenvalue weighted by molar-refractivity contribution is 0.871. The molecule has 1 aromatic rings. The van der Waals surface area contributed by atoms with E-state index < -0.39 is 0 Å². The highest BCUT2D eigenvalue weighted by Crippen LogP contribution is 2.21. The molecule has 0 heteroatoms. The van der Waals surface area contributed by atoms with Gasteiger partial charge in [-0.15, -0.1) is 0 Å². The largest absolute Gasteiger partial charge is 0.0776 e. The van der Waals surface area contributed by atoms with Crippen LogP contribution >= 0.6 is 0 Å². The summed E-state index contributed by atoms with van der Waals surface area (Å²) in [5.74, 6) is 0. The quantitative estimate of drug-likeness (QED) is 0.653. The van der Waals surface area contributed by atoms with Crippen molar-refractivity contribution < 1.29 is 0 Å². The molecule has 0 saturated carbocycles. The maximum Gasteiger partial charge on any atom is -0.00581 e. The minimum atomic E-state index is 0. The molecule has 0 atom stereocenters. The van der Waals surface area contributed by atoms with Crippen LogP contribution in [-0.4, -0.2) is 0 Å². The molecule has 0 aromatic heterocycles. The molecule has 1 aliphatic rings. The van der Waals surface area contributed by atoms with Gasteiger partial charge in [0, 0.05) is 0 Å². The van der Waals surface area contributed by atoms with Crippen molar-refractivity contribution in [2.45, 2.75) is 33.6 Å². The third kappa shape index (κ3) is 2.82. The molecule has 1 aliphatic carbocycles. The Balaban J connectivity index is 0.00000112. The van der Waals surface area contributed by atoms with Crippen LogP contribution in [0.3, 0.4) is 0 Å². The first-order valence-corrected chi connectivity index (χ1v) is 5.34. The Hall–Kier alpha value is -1.30. The first-order chi connectivity index (χ1) is 6.90. The monoisotopic (exact) mass is 200 g/mol. The van der Waals surface area contributed by atoms with Crippen LogP contribution in [0.2, 0.25) is 0 Å². The van der Waals surface area contributed by atoms with Crippen LogP contribution in [0, 0.1) is 0 Å². The van der Waals surface area contributed by atoms with E-state index in [1.807, 2.05) is 0 Å². The molecule has 15 heavy (non-hydrogen) atoms. The average molecular weight is 200 g/mol. The Kier molecular flexibility index (Phi) is 4.36. The van der Waals surface area contributed by atoms with E-state index >= 15 is 0 Å². The average Bonchev–Trinajstić information content (AvgIpc) is 2.40. The molecule has 0 bridgehead atoms. The summed E-state index contributed by atoms with van der Waals surface area (Å²) in [5.41, 5.74) is 4.38. The predicted octanol–water partition coefficient (Wildman–Crippen LogP) is 4.62. The van der Waals surface area contributed by atoms with Crippen molar-refractivity contribution in [3.05, 3.63) is 53.1 Å². The van der Waals surface area contributed by atoms with Gasteiger partial charge in [-0.2, -0.15) is 0 Å². The summed E-state index contributed by atoms with van der Waals surface area (Å²) in [6, 6.07) is 8.65. The summed E-state index contributed by atoms with van der Waals surface area (Å²) in [4.78, 5) is 0. The zero-order chi connectivity index (χ0) is 9.80. The maximum atomic E-state index is 2.27. The lowest BCUT2D eigenvalue weighted by Gasteiger charge is -2.06. The van der Waals surface area contributed by atoms with E-state index in [9.17, 15) is 0 Å². The zero-order valence-electron chi connectivity index (χ0n) is 8.66. The molecule has 0 radical (unpaired) electrons. The van der Waals surface area contributed by atoms with Gasteiger partial charge >= 0.3 is 0 Å². The number of rotatable bonds is 2. The van der Waals surface area contributed by atoms with Crippen LogP contribution in [0.5, 0.6) is 0 Å². The van der Waals surface area contributed by atoms with Gasteiger partial charge in [-0.25, -0.2) is 0 Å². The second kappa shape index (κ2) is 5.55. The number of hydrogen-bond acceptors (Lipinski definition) is 0. The van der Waals surface area contributed by atoms with Gasteiger partial charge in [0.1, 0.15) is 0 Å². The molecule has 0 unspecified atom stereocenters. The van der Waals surface area contributed by atoms with Crippen molar-refractivity contribution in [3.8, 4) is 0 Å². The summed E-state index contributed by atoms with van der Waals surface area (Å²) >= 11 is 0. The fourth-order valence-electron chi connectivity index (χ4n) is 1.94. The lowest BCUT2D eigenvalue weighted by atomic mass is 9.99. The van der Waals surface area contributed by atoms with E-state index in [-0.39, 0.29) is 7.43 Å². The first kappa shape index (κ1) is 11.8. The number of allylic oxidation sites excluding steroid dienone is 3. The molecule has 0 saturated heterocycles. The van der Waals surface area contributed by atoms with Crippen LogP contribution in [0.4, 0.5) is 0 Å². The minimum Gasteiger partial charge on any atom is -0.0776 e. The third-order valence-electron chi connectivity index (χ3n) is 2.65. The molecule has 0 amide bonds. The first-order valence-electron chi connectivity index (χ1n) is 5.34. The third-order valence-corrected chi connectivity index (χ3v) is 2.65. The summed E-state index contributed by atoms with van der Waals surface area (Å²) in [6.07, 6.45) is 10.2. The van der Waals surface area contributed by atoms with Gasteiger partial charge in [-0.05, 0) is 24.0 Å². The Morgan fingerprint density at radius 1 is 1.20 bits per heavy atom. The van der Waals surface area contributed by atoms with Gasteiger partial charge in [-0.1, -0.05) is 68.8 Å². The van der Waals surface area contributed by atoms with Gasteiger partial charge in [0.15, 0.2) is 0 Å². The van der Waals surface area contributed by atoms with E-state index in [4.69, 9.17) is 0 Å². The Morgan fingerprint density at radius 2 is 2.00 bits per heavy atom. The molecule has 0 nitrogen and oxygen atoms in total. The van der Waals surface area contributed by atoms with Gasteiger partial charge in [-0.3, -0.25) is 0 Å². The van der Waals surface area contributed by atoms with Crippen LogP contribution in [-0.2, 0) is 6.42 Å². The summed E-state index contributed by atoms with van der Waals surface area (Å²) in [5, 5.41) is 0. The number of fused-ring (bicyclic) bond motifs is 1. The van der Waals surface area contributed by atoms with Crippen LogP contribution in [0.25, 0.3) is 6.08 Å². The zero-order valence-corrected chi connectivity index (χ0v) is 8.66. The summed E-state index contributed by atoms with van der Waals surface area (Å²) < 4.78 is 0. The summed E-state index contributed by atoms with van der Waals surface area (Å²) in [6.45, 7) is 2.24. The van der Waals surface area contributed by atoms with E-state index in [2.05, 4.69) is 49.4 Å². The molecular formula is C15H20.